The zero-order chi connectivity index (χ0) is 27.6. The van der Waals surface area contributed by atoms with Gasteiger partial charge in [0.15, 0.2) is 0 Å². The first kappa shape index (κ1) is 27.9. The lowest BCUT2D eigenvalue weighted by atomic mass is 10.0. The Bertz CT molecular complexity index is 1420. The molecule has 0 aliphatic carbocycles. The zero-order valence-electron chi connectivity index (χ0n) is 23.0. The largest absolute Gasteiger partial charge is 0.381 e. The average molecular weight is 549 g/mol. The van der Waals surface area contributed by atoms with Crippen LogP contribution in [0.2, 0.25) is 5.02 Å². The smallest absolute Gasteiger partial charge is 0.0737 e. The van der Waals surface area contributed by atoms with Crippen molar-refractivity contribution in [2.75, 3.05) is 18.4 Å². The second kappa shape index (κ2) is 14.1. The molecule has 1 heterocycles. The molecule has 40 heavy (non-hydrogen) atoms. The van der Waals surface area contributed by atoms with Crippen LogP contribution in [0.3, 0.4) is 0 Å². The number of nitrogens with one attached hydrogen (secondary N) is 2. The number of pyridine rings is 1. The van der Waals surface area contributed by atoms with Crippen LogP contribution in [0.5, 0.6) is 0 Å². The molecule has 5 heteroatoms. The molecule has 2 N–H and O–H groups in total. The Labute approximate surface area is 243 Å². The van der Waals surface area contributed by atoms with Gasteiger partial charge in [0.1, 0.15) is 0 Å². The van der Waals surface area contributed by atoms with Gasteiger partial charge < -0.3 is 10.6 Å². The molecule has 2 unspecified atom stereocenters. The lowest BCUT2D eigenvalue weighted by Crippen LogP contribution is -2.35. The molecule has 0 bridgehead atoms. The SMILES string of the molecule is CC(CNC(CCN(Cc1ccccc1)Cc1ccccc1)c1ccccc1)Nc1ccnc2cc(Cl)ccc12. The fourth-order valence-electron chi connectivity index (χ4n) is 5.16. The van der Waals surface area contributed by atoms with Gasteiger partial charge in [-0.25, -0.2) is 0 Å². The number of fused-ring (bicyclic) bond motifs is 1. The molecule has 0 radical (unpaired) electrons. The van der Waals surface area contributed by atoms with Gasteiger partial charge in [-0.15, -0.1) is 0 Å². The molecule has 0 saturated heterocycles. The third-order valence-electron chi connectivity index (χ3n) is 7.21. The summed E-state index contributed by atoms with van der Waals surface area (Å²) < 4.78 is 0. The second-order valence-corrected chi connectivity index (χ2v) is 10.8. The van der Waals surface area contributed by atoms with Crippen LogP contribution >= 0.6 is 11.6 Å². The maximum Gasteiger partial charge on any atom is 0.0737 e. The van der Waals surface area contributed by atoms with E-state index in [0.29, 0.717) is 5.02 Å². The number of hydrogen-bond donors (Lipinski definition) is 2. The summed E-state index contributed by atoms with van der Waals surface area (Å²) in [6.07, 6.45) is 2.84. The van der Waals surface area contributed by atoms with Gasteiger partial charge in [0.25, 0.3) is 0 Å². The third kappa shape index (κ3) is 7.92. The van der Waals surface area contributed by atoms with Crippen molar-refractivity contribution in [2.24, 2.45) is 0 Å². The summed E-state index contributed by atoms with van der Waals surface area (Å²) >= 11 is 6.19. The number of benzene rings is 4. The highest BCUT2D eigenvalue weighted by molar-refractivity contribution is 6.31. The summed E-state index contributed by atoms with van der Waals surface area (Å²) in [4.78, 5) is 7.03. The van der Waals surface area contributed by atoms with E-state index in [1.807, 2.05) is 30.5 Å². The van der Waals surface area contributed by atoms with E-state index in [4.69, 9.17) is 11.6 Å². The van der Waals surface area contributed by atoms with E-state index in [-0.39, 0.29) is 12.1 Å². The summed E-state index contributed by atoms with van der Waals surface area (Å²) in [5.74, 6) is 0. The van der Waals surface area contributed by atoms with Crippen LogP contribution in [0.1, 0.15) is 36.1 Å². The van der Waals surface area contributed by atoms with E-state index >= 15 is 0 Å². The predicted molar refractivity (Wildman–Crippen MR) is 169 cm³/mol. The molecule has 204 valence electrons. The molecule has 0 spiro atoms. The highest BCUT2D eigenvalue weighted by atomic mass is 35.5. The Kier molecular flexibility index (Phi) is 9.81. The van der Waals surface area contributed by atoms with Gasteiger partial charge in [-0.05, 0) is 54.3 Å². The van der Waals surface area contributed by atoms with Crippen molar-refractivity contribution in [3.8, 4) is 0 Å². The van der Waals surface area contributed by atoms with Crippen LogP contribution in [0.25, 0.3) is 10.9 Å². The monoisotopic (exact) mass is 548 g/mol. The van der Waals surface area contributed by atoms with Crippen molar-refractivity contribution in [3.63, 3.8) is 0 Å². The van der Waals surface area contributed by atoms with Crippen molar-refractivity contribution in [3.05, 3.63) is 143 Å². The van der Waals surface area contributed by atoms with E-state index in [1.165, 1.54) is 16.7 Å². The molecule has 0 aliphatic heterocycles. The minimum absolute atomic E-state index is 0.220. The highest BCUT2D eigenvalue weighted by Gasteiger charge is 2.16. The molecule has 5 aromatic rings. The van der Waals surface area contributed by atoms with Crippen LogP contribution in [-0.2, 0) is 13.1 Å². The van der Waals surface area contributed by atoms with E-state index in [9.17, 15) is 0 Å². The minimum Gasteiger partial charge on any atom is -0.381 e. The summed E-state index contributed by atoms with van der Waals surface area (Å²) in [5.41, 5.74) is 5.97. The molecular formula is C35H37ClN4. The number of halogens is 1. The van der Waals surface area contributed by atoms with E-state index in [0.717, 1.165) is 49.2 Å². The quantitative estimate of drug-likeness (QED) is 0.156. The van der Waals surface area contributed by atoms with Crippen molar-refractivity contribution >= 4 is 28.2 Å². The molecule has 0 saturated carbocycles. The molecule has 5 rings (SSSR count). The first-order chi connectivity index (χ1) is 19.6. The molecule has 0 fully saturated rings. The van der Waals surface area contributed by atoms with E-state index < -0.39 is 0 Å². The highest BCUT2D eigenvalue weighted by Crippen LogP contribution is 2.25. The van der Waals surface area contributed by atoms with Gasteiger partial charge >= 0.3 is 0 Å². The average Bonchev–Trinajstić information content (AvgIpc) is 2.98. The van der Waals surface area contributed by atoms with Crippen LogP contribution in [0.4, 0.5) is 5.69 Å². The van der Waals surface area contributed by atoms with Crippen LogP contribution < -0.4 is 10.6 Å². The standard InChI is InChI=1S/C35H37ClN4/c1-27(39-34-19-21-37-35-23-31(36)17-18-32(34)35)24-38-33(30-15-9-4-10-16-30)20-22-40(25-28-11-5-2-6-12-28)26-29-13-7-3-8-14-29/h2-19,21,23,27,33,38H,20,22,24-26H2,1H3,(H,37,39). The zero-order valence-corrected chi connectivity index (χ0v) is 23.8. The number of hydrogen-bond acceptors (Lipinski definition) is 4. The Balaban J connectivity index is 1.26. The van der Waals surface area contributed by atoms with Crippen molar-refractivity contribution in [2.45, 2.75) is 38.5 Å². The van der Waals surface area contributed by atoms with Crippen LogP contribution in [0.15, 0.2) is 121 Å². The van der Waals surface area contributed by atoms with Crippen molar-refractivity contribution < 1.29 is 0 Å². The molecule has 0 aliphatic rings. The Hall–Kier alpha value is -3.70. The van der Waals surface area contributed by atoms with Gasteiger partial charge in [0, 0.05) is 60.6 Å². The maximum absolute atomic E-state index is 6.19. The molecular weight excluding hydrogens is 512 g/mol. The van der Waals surface area contributed by atoms with Gasteiger partial charge in [-0.1, -0.05) is 103 Å². The Morgan fingerprint density at radius 2 is 1.40 bits per heavy atom. The Morgan fingerprint density at radius 1 is 0.775 bits per heavy atom. The predicted octanol–water partition coefficient (Wildman–Crippen LogP) is 8.11. The fraction of sp³-hybridized carbons (Fsp3) is 0.229. The molecule has 2 atom stereocenters. The van der Waals surface area contributed by atoms with Gasteiger partial charge in [0.05, 0.1) is 5.52 Å². The number of aromatic nitrogens is 1. The van der Waals surface area contributed by atoms with E-state index in [1.54, 1.807) is 0 Å². The topological polar surface area (TPSA) is 40.2 Å². The Morgan fingerprint density at radius 3 is 2.05 bits per heavy atom. The van der Waals surface area contributed by atoms with Gasteiger partial charge in [-0.3, -0.25) is 9.88 Å². The summed E-state index contributed by atoms with van der Waals surface area (Å²) in [5, 5.41) is 9.34. The first-order valence-corrected chi connectivity index (χ1v) is 14.4. The molecule has 1 aromatic heterocycles. The maximum atomic E-state index is 6.19. The number of anilines is 1. The van der Waals surface area contributed by atoms with Crippen LogP contribution in [-0.4, -0.2) is 29.0 Å². The minimum atomic E-state index is 0.220. The third-order valence-corrected chi connectivity index (χ3v) is 7.45. The number of nitrogens with zero attached hydrogens (tertiary/aromatic N) is 2. The van der Waals surface area contributed by atoms with Crippen molar-refractivity contribution in [1.82, 2.24) is 15.2 Å². The van der Waals surface area contributed by atoms with Crippen molar-refractivity contribution in [1.29, 1.82) is 0 Å². The second-order valence-electron chi connectivity index (χ2n) is 10.4. The summed E-state index contributed by atoms with van der Waals surface area (Å²) in [6.45, 7) is 5.87. The van der Waals surface area contributed by atoms with E-state index in [2.05, 4.69) is 118 Å². The first-order valence-electron chi connectivity index (χ1n) is 14.0. The van der Waals surface area contributed by atoms with Gasteiger partial charge in [-0.2, -0.15) is 0 Å². The lowest BCUT2D eigenvalue weighted by Gasteiger charge is -2.27. The normalized spacial score (nSPS) is 12.9. The molecule has 4 aromatic carbocycles. The van der Waals surface area contributed by atoms with Crippen LogP contribution in [0, 0.1) is 0 Å². The lowest BCUT2D eigenvalue weighted by molar-refractivity contribution is 0.240. The fourth-order valence-corrected chi connectivity index (χ4v) is 5.33. The van der Waals surface area contributed by atoms with Gasteiger partial charge in [0.2, 0.25) is 0 Å². The molecule has 0 amide bonds. The number of rotatable bonds is 13. The summed E-state index contributed by atoms with van der Waals surface area (Å²) in [7, 11) is 0. The summed E-state index contributed by atoms with van der Waals surface area (Å²) in [6, 6.07) is 40.7. The molecule has 4 nitrogen and oxygen atoms in total.